The molecule has 0 unspecified atom stereocenters. The third kappa shape index (κ3) is 5.52. The lowest BCUT2D eigenvalue weighted by Gasteiger charge is -2.18. The zero-order valence-corrected chi connectivity index (χ0v) is 19.7. The fourth-order valence-corrected chi connectivity index (χ4v) is 4.05. The Bertz CT molecular complexity index is 1280. The standard InChI is InChI=1S/C28H30N4O2/c1-21-11-6-7-12-22(21)19-27(33)29-18-10-17-26-30-24-15-8-9-16-25(24)32(26)20-28(34)31(2)23-13-4-3-5-14-23/h3-9,11-16H,10,17-20H2,1-2H3,(H,29,33). The van der Waals surface area contributed by atoms with Crippen molar-refractivity contribution in [2.24, 2.45) is 0 Å². The molecule has 0 spiro atoms. The summed E-state index contributed by atoms with van der Waals surface area (Å²) >= 11 is 0. The van der Waals surface area contributed by atoms with Crippen molar-refractivity contribution in [1.82, 2.24) is 14.9 Å². The number of benzene rings is 3. The number of amides is 2. The van der Waals surface area contributed by atoms with Crippen LogP contribution in [0.4, 0.5) is 5.69 Å². The van der Waals surface area contributed by atoms with Crippen LogP contribution in [-0.2, 0) is 29.0 Å². The Morgan fingerprint density at radius 2 is 1.65 bits per heavy atom. The first-order valence-electron chi connectivity index (χ1n) is 11.6. The molecule has 6 heteroatoms. The molecule has 174 valence electrons. The van der Waals surface area contributed by atoms with E-state index >= 15 is 0 Å². The van der Waals surface area contributed by atoms with Crippen LogP contribution in [0.15, 0.2) is 78.9 Å². The van der Waals surface area contributed by atoms with Crippen LogP contribution in [0, 0.1) is 6.92 Å². The summed E-state index contributed by atoms with van der Waals surface area (Å²) in [6.45, 7) is 2.79. The maximum absolute atomic E-state index is 13.0. The van der Waals surface area contributed by atoms with E-state index in [1.165, 1.54) is 0 Å². The van der Waals surface area contributed by atoms with E-state index in [0.29, 0.717) is 19.4 Å². The molecule has 0 saturated heterocycles. The monoisotopic (exact) mass is 454 g/mol. The molecule has 0 aliphatic carbocycles. The van der Waals surface area contributed by atoms with Gasteiger partial charge in [0.15, 0.2) is 0 Å². The maximum atomic E-state index is 13.0. The number of imidazole rings is 1. The summed E-state index contributed by atoms with van der Waals surface area (Å²) in [6, 6.07) is 25.4. The van der Waals surface area contributed by atoms with Crippen molar-refractivity contribution in [3.8, 4) is 0 Å². The Kier molecular flexibility index (Phi) is 7.38. The van der Waals surface area contributed by atoms with Crippen LogP contribution >= 0.6 is 0 Å². The van der Waals surface area contributed by atoms with Crippen LogP contribution in [0.5, 0.6) is 0 Å². The minimum Gasteiger partial charge on any atom is -0.356 e. The van der Waals surface area contributed by atoms with Gasteiger partial charge in [-0.25, -0.2) is 4.98 Å². The number of hydrogen-bond acceptors (Lipinski definition) is 3. The number of aryl methyl sites for hydroxylation is 2. The average molecular weight is 455 g/mol. The number of rotatable bonds is 9. The summed E-state index contributed by atoms with van der Waals surface area (Å²) in [5, 5.41) is 3.01. The quantitative estimate of drug-likeness (QED) is 0.384. The summed E-state index contributed by atoms with van der Waals surface area (Å²) in [7, 11) is 1.79. The second-order valence-corrected chi connectivity index (χ2v) is 8.45. The van der Waals surface area contributed by atoms with Crippen molar-refractivity contribution in [2.75, 3.05) is 18.5 Å². The Hall–Kier alpha value is -3.93. The molecule has 4 aromatic rings. The number of nitrogens with zero attached hydrogens (tertiary/aromatic N) is 3. The second-order valence-electron chi connectivity index (χ2n) is 8.45. The van der Waals surface area contributed by atoms with Crippen LogP contribution < -0.4 is 10.2 Å². The number of hydrogen-bond donors (Lipinski definition) is 1. The lowest BCUT2D eigenvalue weighted by atomic mass is 10.1. The van der Waals surface area contributed by atoms with Crippen molar-refractivity contribution < 1.29 is 9.59 Å². The Labute approximate surface area is 200 Å². The molecule has 0 radical (unpaired) electrons. The normalized spacial score (nSPS) is 10.9. The molecule has 1 heterocycles. The highest BCUT2D eigenvalue weighted by atomic mass is 16.2. The van der Waals surface area contributed by atoms with E-state index in [2.05, 4.69) is 5.32 Å². The smallest absolute Gasteiger partial charge is 0.246 e. The van der Waals surface area contributed by atoms with Gasteiger partial charge in [-0.3, -0.25) is 9.59 Å². The molecular formula is C28H30N4O2. The number of carbonyl (C=O) groups is 2. The third-order valence-corrected chi connectivity index (χ3v) is 6.06. The van der Waals surface area contributed by atoms with E-state index in [4.69, 9.17) is 4.98 Å². The first-order valence-corrected chi connectivity index (χ1v) is 11.6. The molecule has 6 nitrogen and oxygen atoms in total. The fourth-order valence-electron chi connectivity index (χ4n) is 4.05. The van der Waals surface area contributed by atoms with E-state index in [-0.39, 0.29) is 18.4 Å². The van der Waals surface area contributed by atoms with E-state index in [0.717, 1.165) is 40.1 Å². The van der Waals surface area contributed by atoms with Gasteiger partial charge in [0.2, 0.25) is 11.8 Å². The van der Waals surface area contributed by atoms with Crippen molar-refractivity contribution in [3.05, 3.63) is 95.8 Å². The lowest BCUT2D eigenvalue weighted by molar-refractivity contribution is -0.120. The highest BCUT2D eigenvalue weighted by Gasteiger charge is 2.17. The summed E-state index contributed by atoms with van der Waals surface area (Å²) in [6.07, 6.45) is 1.79. The minimum atomic E-state index is -0.0119. The van der Waals surface area contributed by atoms with Crippen LogP contribution in [0.1, 0.15) is 23.4 Å². The SMILES string of the molecule is Cc1ccccc1CC(=O)NCCCc1nc2ccccc2n1CC(=O)N(C)c1ccccc1. The van der Waals surface area contributed by atoms with Crippen LogP contribution in [0.25, 0.3) is 11.0 Å². The number of fused-ring (bicyclic) bond motifs is 1. The van der Waals surface area contributed by atoms with E-state index in [9.17, 15) is 9.59 Å². The van der Waals surface area contributed by atoms with Crippen LogP contribution in [0.2, 0.25) is 0 Å². The second kappa shape index (κ2) is 10.8. The molecule has 1 aromatic heterocycles. The van der Waals surface area contributed by atoms with Gasteiger partial charge in [0, 0.05) is 25.7 Å². The summed E-state index contributed by atoms with van der Waals surface area (Å²) < 4.78 is 1.99. The molecule has 34 heavy (non-hydrogen) atoms. The first-order chi connectivity index (χ1) is 16.5. The predicted octanol–water partition coefficient (Wildman–Crippen LogP) is 4.30. The van der Waals surface area contributed by atoms with Gasteiger partial charge in [0.25, 0.3) is 0 Å². The molecule has 0 atom stereocenters. The Morgan fingerprint density at radius 3 is 2.44 bits per heavy atom. The van der Waals surface area contributed by atoms with Crippen LogP contribution in [0.3, 0.4) is 0 Å². The molecule has 0 bridgehead atoms. The largest absolute Gasteiger partial charge is 0.356 e. The summed E-state index contributed by atoms with van der Waals surface area (Å²) in [4.78, 5) is 31.8. The molecule has 2 amide bonds. The predicted molar refractivity (Wildman–Crippen MR) is 136 cm³/mol. The zero-order valence-electron chi connectivity index (χ0n) is 19.7. The number of nitrogens with one attached hydrogen (secondary N) is 1. The number of likely N-dealkylation sites (N-methyl/N-ethyl adjacent to an activating group) is 1. The topological polar surface area (TPSA) is 67.2 Å². The number of aromatic nitrogens is 2. The van der Waals surface area contributed by atoms with E-state index in [1.807, 2.05) is 90.4 Å². The molecular weight excluding hydrogens is 424 g/mol. The van der Waals surface area contributed by atoms with Crippen molar-refractivity contribution in [3.63, 3.8) is 0 Å². The summed E-state index contributed by atoms with van der Waals surface area (Å²) in [5.41, 5.74) is 4.83. The molecule has 0 aliphatic rings. The maximum Gasteiger partial charge on any atom is 0.246 e. The van der Waals surface area contributed by atoms with E-state index in [1.54, 1.807) is 11.9 Å². The highest BCUT2D eigenvalue weighted by molar-refractivity contribution is 5.93. The third-order valence-electron chi connectivity index (χ3n) is 6.06. The first kappa shape index (κ1) is 23.2. The minimum absolute atomic E-state index is 0.0119. The van der Waals surface area contributed by atoms with Crippen molar-refractivity contribution in [2.45, 2.75) is 32.7 Å². The number of carbonyl (C=O) groups excluding carboxylic acids is 2. The lowest BCUT2D eigenvalue weighted by Crippen LogP contribution is -2.30. The van der Waals surface area contributed by atoms with Crippen LogP contribution in [-0.4, -0.2) is 35.0 Å². The van der Waals surface area contributed by atoms with Gasteiger partial charge < -0.3 is 14.8 Å². The van der Waals surface area contributed by atoms with Gasteiger partial charge in [-0.05, 0) is 48.7 Å². The van der Waals surface area contributed by atoms with Gasteiger partial charge in [-0.1, -0.05) is 54.6 Å². The van der Waals surface area contributed by atoms with Gasteiger partial charge >= 0.3 is 0 Å². The average Bonchev–Trinajstić information content (AvgIpc) is 3.20. The molecule has 4 rings (SSSR count). The van der Waals surface area contributed by atoms with Crippen molar-refractivity contribution >= 4 is 28.5 Å². The molecule has 0 fully saturated rings. The fraction of sp³-hybridized carbons (Fsp3) is 0.250. The molecule has 0 saturated carbocycles. The Morgan fingerprint density at radius 1 is 0.941 bits per heavy atom. The molecule has 0 aliphatic heterocycles. The Balaban J connectivity index is 1.39. The van der Waals surface area contributed by atoms with Gasteiger partial charge in [-0.15, -0.1) is 0 Å². The van der Waals surface area contributed by atoms with Gasteiger partial charge in [0.1, 0.15) is 12.4 Å². The van der Waals surface area contributed by atoms with Crippen molar-refractivity contribution in [1.29, 1.82) is 0 Å². The number of anilines is 1. The summed E-state index contributed by atoms with van der Waals surface area (Å²) in [5.74, 6) is 0.855. The number of para-hydroxylation sites is 3. The van der Waals surface area contributed by atoms with Gasteiger partial charge in [-0.2, -0.15) is 0 Å². The van der Waals surface area contributed by atoms with Gasteiger partial charge in [0.05, 0.1) is 17.5 Å². The molecule has 1 N–H and O–H groups in total. The van der Waals surface area contributed by atoms with E-state index < -0.39 is 0 Å². The highest BCUT2D eigenvalue weighted by Crippen LogP contribution is 2.19. The zero-order chi connectivity index (χ0) is 23.9. The molecule has 3 aromatic carbocycles.